The zero-order chi connectivity index (χ0) is 10.6. The third kappa shape index (κ3) is 3.67. The second-order valence-corrected chi connectivity index (χ2v) is 5.09. The SMILES string of the molecule is CCCC1CC1NCCC(C)(C)C#N. The van der Waals surface area contributed by atoms with E-state index in [1.54, 1.807) is 0 Å². The van der Waals surface area contributed by atoms with Crippen LogP contribution in [0.1, 0.15) is 46.5 Å². The molecule has 0 aromatic rings. The number of rotatable bonds is 6. The van der Waals surface area contributed by atoms with Crippen LogP contribution in [0.4, 0.5) is 0 Å². The van der Waals surface area contributed by atoms with Crippen molar-refractivity contribution in [3.8, 4) is 6.07 Å². The maximum absolute atomic E-state index is 8.83. The first kappa shape index (κ1) is 11.5. The molecule has 0 spiro atoms. The summed E-state index contributed by atoms with van der Waals surface area (Å²) in [6.45, 7) is 7.25. The fourth-order valence-corrected chi connectivity index (χ4v) is 1.81. The van der Waals surface area contributed by atoms with Gasteiger partial charge in [0.1, 0.15) is 0 Å². The Bertz CT molecular complexity index is 215. The van der Waals surface area contributed by atoms with E-state index in [2.05, 4.69) is 18.3 Å². The minimum absolute atomic E-state index is 0.165. The first-order chi connectivity index (χ1) is 6.59. The molecule has 2 atom stereocenters. The fourth-order valence-electron chi connectivity index (χ4n) is 1.81. The smallest absolute Gasteiger partial charge is 0.0684 e. The highest BCUT2D eigenvalue weighted by atomic mass is 15.0. The molecule has 0 saturated heterocycles. The van der Waals surface area contributed by atoms with E-state index in [1.165, 1.54) is 19.3 Å². The molecule has 2 nitrogen and oxygen atoms in total. The van der Waals surface area contributed by atoms with Gasteiger partial charge in [-0.05, 0) is 45.6 Å². The maximum atomic E-state index is 8.83. The van der Waals surface area contributed by atoms with E-state index in [0.717, 1.165) is 24.9 Å². The van der Waals surface area contributed by atoms with E-state index < -0.39 is 0 Å². The predicted molar refractivity (Wildman–Crippen MR) is 58.8 cm³/mol. The highest BCUT2D eigenvalue weighted by Gasteiger charge is 2.35. The van der Waals surface area contributed by atoms with Crippen molar-refractivity contribution in [2.75, 3.05) is 6.54 Å². The van der Waals surface area contributed by atoms with Crippen LogP contribution >= 0.6 is 0 Å². The summed E-state index contributed by atoms with van der Waals surface area (Å²) in [4.78, 5) is 0. The molecule has 0 aliphatic heterocycles. The number of hydrogen-bond acceptors (Lipinski definition) is 2. The second kappa shape index (κ2) is 4.79. The lowest BCUT2D eigenvalue weighted by Gasteiger charge is -2.14. The number of nitriles is 1. The van der Waals surface area contributed by atoms with Gasteiger partial charge in [0.25, 0.3) is 0 Å². The number of nitrogens with zero attached hydrogens (tertiary/aromatic N) is 1. The van der Waals surface area contributed by atoms with E-state index in [0.29, 0.717) is 0 Å². The summed E-state index contributed by atoms with van der Waals surface area (Å²) >= 11 is 0. The average Bonchev–Trinajstić information content (AvgIpc) is 2.84. The average molecular weight is 194 g/mol. The van der Waals surface area contributed by atoms with E-state index in [9.17, 15) is 0 Å². The molecule has 0 aromatic carbocycles. The van der Waals surface area contributed by atoms with Gasteiger partial charge in [0.15, 0.2) is 0 Å². The molecule has 14 heavy (non-hydrogen) atoms. The monoisotopic (exact) mass is 194 g/mol. The van der Waals surface area contributed by atoms with Gasteiger partial charge in [0.05, 0.1) is 11.5 Å². The largest absolute Gasteiger partial charge is 0.314 e. The van der Waals surface area contributed by atoms with Gasteiger partial charge < -0.3 is 5.32 Å². The van der Waals surface area contributed by atoms with Crippen LogP contribution in [0, 0.1) is 22.7 Å². The fraction of sp³-hybridized carbons (Fsp3) is 0.917. The van der Waals surface area contributed by atoms with Crippen LogP contribution < -0.4 is 5.32 Å². The lowest BCUT2D eigenvalue weighted by Crippen LogP contribution is -2.24. The molecule has 0 bridgehead atoms. The lowest BCUT2D eigenvalue weighted by molar-refractivity contribution is 0.427. The van der Waals surface area contributed by atoms with E-state index >= 15 is 0 Å². The van der Waals surface area contributed by atoms with Gasteiger partial charge in [0.2, 0.25) is 0 Å². The summed E-state index contributed by atoms with van der Waals surface area (Å²) in [6, 6.07) is 3.09. The van der Waals surface area contributed by atoms with Crippen LogP contribution in [0.2, 0.25) is 0 Å². The zero-order valence-electron chi connectivity index (χ0n) is 9.64. The minimum Gasteiger partial charge on any atom is -0.314 e. The molecule has 0 radical (unpaired) electrons. The van der Waals surface area contributed by atoms with Crippen molar-refractivity contribution in [1.82, 2.24) is 5.32 Å². The minimum atomic E-state index is -0.165. The molecule has 2 heteroatoms. The van der Waals surface area contributed by atoms with E-state index in [1.807, 2.05) is 13.8 Å². The van der Waals surface area contributed by atoms with Crippen molar-refractivity contribution in [3.05, 3.63) is 0 Å². The molecule has 0 aromatic heterocycles. The van der Waals surface area contributed by atoms with Gasteiger partial charge in [-0.25, -0.2) is 0 Å². The van der Waals surface area contributed by atoms with Crippen molar-refractivity contribution >= 4 is 0 Å². The Kier molecular flexibility index (Phi) is 3.95. The zero-order valence-corrected chi connectivity index (χ0v) is 9.64. The lowest BCUT2D eigenvalue weighted by atomic mass is 9.91. The Labute approximate surface area is 87.7 Å². The number of hydrogen-bond donors (Lipinski definition) is 1. The summed E-state index contributed by atoms with van der Waals surface area (Å²) in [5.41, 5.74) is -0.165. The van der Waals surface area contributed by atoms with Crippen LogP contribution in [0.3, 0.4) is 0 Å². The topological polar surface area (TPSA) is 35.8 Å². The summed E-state index contributed by atoms with van der Waals surface area (Å²) in [5.74, 6) is 0.921. The molecule has 0 heterocycles. The normalized spacial score (nSPS) is 25.9. The highest BCUT2D eigenvalue weighted by Crippen LogP contribution is 2.34. The molecule has 1 aliphatic rings. The van der Waals surface area contributed by atoms with Crippen LogP contribution in [0.5, 0.6) is 0 Å². The van der Waals surface area contributed by atoms with Gasteiger partial charge >= 0.3 is 0 Å². The molecule has 1 saturated carbocycles. The van der Waals surface area contributed by atoms with Crippen LogP contribution in [0.15, 0.2) is 0 Å². The molecular weight excluding hydrogens is 172 g/mol. The summed E-state index contributed by atoms with van der Waals surface area (Å²) in [7, 11) is 0. The molecule has 1 fully saturated rings. The van der Waals surface area contributed by atoms with Gasteiger partial charge in [-0.2, -0.15) is 5.26 Å². The summed E-state index contributed by atoms with van der Waals surface area (Å²) in [5, 5.41) is 12.4. The standard InChI is InChI=1S/C12H22N2/c1-4-5-10-8-11(10)14-7-6-12(2,3)9-13/h10-11,14H,4-8H2,1-3H3. The Hall–Kier alpha value is -0.550. The van der Waals surface area contributed by atoms with Gasteiger partial charge in [-0.3, -0.25) is 0 Å². The van der Waals surface area contributed by atoms with Crippen molar-refractivity contribution in [2.24, 2.45) is 11.3 Å². The molecule has 1 N–H and O–H groups in total. The quantitative estimate of drug-likeness (QED) is 0.705. The Morgan fingerprint density at radius 3 is 2.79 bits per heavy atom. The van der Waals surface area contributed by atoms with Crippen molar-refractivity contribution in [1.29, 1.82) is 5.26 Å². The molecular formula is C12H22N2. The van der Waals surface area contributed by atoms with Crippen molar-refractivity contribution < 1.29 is 0 Å². The van der Waals surface area contributed by atoms with E-state index in [-0.39, 0.29) is 5.41 Å². The van der Waals surface area contributed by atoms with Crippen LogP contribution in [-0.4, -0.2) is 12.6 Å². The van der Waals surface area contributed by atoms with Crippen molar-refractivity contribution in [3.63, 3.8) is 0 Å². The van der Waals surface area contributed by atoms with Crippen LogP contribution in [0.25, 0.3) is 0 Å². The van der Waals surface area contributed by atoms with Crippen molar-refractivity contribution in [2.45, 2.75) is 52.5 Å². The van der Waals surface area contributed by atoms with E-state index in [4.69, 9.17) is 5.26 Å². The second-order valence-electron chi connectivity index (χ2n) is 5.09. The number of nitrogens with one attached hydrogen (secondary N) is 1. The molecule has 1 rings (SSSR count). The van der Waals surface area contributed by atoms with Crippen LogP contribution in [-0.2, 0) is 0 Å². The predicted octanol–water partition coefficient (Wildman–Crippen LogP) is 2.70. The third-order valence-corrected chi connectivity index (χ3v) is 3.04. The molecule has 80 valence electrons. The summed E-state index contributed by atoms with van der Waals surface area (Å²) < 4.78 is 0. The maximum Gasteiger partial charge on any atom is 0.0684 e. The Balaban J connectivity index is 2.04. The molecule has 0 amide bonds. The highest BCUT2D eigenvalue weighted by molar-refractivity contribution is 4.95. The van der Waals surface area contributed by atoms with Gasteiger partial charge in [-0.1, -0.05) is 13.3 Å². The molecule has 1 aliphatic carbocycles. The Morgan fingerprint density at radius 2 is 2.21 bits per heavy atom. The Morgan fingerprint density at radius 1 is 1.50 bits per heavy atom. The molecule has 2 unspecified atom stereocenters. The first-order valence-electron chi connectivity index (χ1n) is 5.73. The summed E-state index contributed by atoms with van der Waals surface area (Å²) in [6.07, 6.45) is 4.96. The van der Waals surface area contributed by atoms with Gasteiger partial charge in [-0.15, -0.1) is 0 Å². The first-order valence-corrected chi connectivity index (χ1v) is 5.73. The van der Waals surface area contributed by atoms with Gasteiger partial charge in [0, 0.05) is 6.04 Å². The third-order valence-electron chi connectivity index (χ3n) is 3.04.